The van der Waals surface area contributed by atoms with Crippen molar-refractivity contribution < 1.29 is 4.79 Å². The molecule has 2 aromatic rings. The van der Waals surface area contributed by atoms with Crippen LogP contribution in [0.5, 0.6) is 0 Å². The van der Waals surface area contributed by atoms with Crippen molar-refractivity contribution in [2.45, 2.75) is 20.3 Å². The molecular formula is C16H17NO. The van der Waals surface area contributed by atoms with Crippen LogP contribution in [0.15, 0.2) is 42.5 Å². The van der Waals surface area contributed by atoms with E-state index in [0.717, 1.165) is 11.1 Å². The number of nitrogen functional groups attached to an aromatic ring is 1. The lowest BCUT2D eigenvalue weighted by Gasteiger charge is -2.06. The Morgan fingerprint density at radius 2 is 1.61 bits per heavy atom. The molecule has 0 aromatic heterocycles. The Hall–Kier alpha value is -2.09. The number of nitrogens with two attached hydrogens (primary N) is 1. The van der Waals surface area contributed by atoms with Gasteiger partial charge < -0.3 is 5.73 Å². The van der Waals surface area contributed by atoms with Gasteiger partial charge in [0.05, 0.1) is 0 Å². The minimum Gasteiger partial charge on any atom is -0.398 e. The molecular weight excluding hydrogens is 222 g/mol. The van der Waals surface area contributed by atoms with Gasteiger partial charge in [-0.2, -0.15) is 0 Å². The number of Topliss-reactive ketones (excluding diaryl/α,β-unsaturated/α-hetero) is 1. The van der Waals surface area contributed by atoms with Gasteiger partial charge >= 0.3 is 0 Å². The average Bonchev–Trinajstić information content (AvgIpc) is 2.35. The Morgan fingerprint density at radius 3 is 2.28 bits per heavy atom. The van der Waals surface area contributed by atoms with Crippen LogP contribution in [0.3, 0.4) is 0 Å². The largest absolute Gasteiger partial charge is 0.398 e. The average molecular weight is 239 g/mol. The first-order chi connectivity index (χ1) is 8.56. The van der Waals surface area contributed by atoms with E-state index in [1.807, 2.05) is 50.2 Å². The van der Waals surface area contributed by atoms with Gasteiger partial charge in [0.1, 0.15) is 0 Å². The van der Waals surface area contributed by atoms with Crippen LogP contribution in [0.25, 0.3) is 0 Å². The quantitative estimate of drug-likeness (QED) is 0.659. The van der Waals surface area contributed by atoms with Crippen LogP contribution in [0, 0.1) is 13.8 Å². The number of carbonyl (C=O) groups excluding carboxylic acids is 1. The van der Waals surface area contributed by atoms with E-state index < -0.39 is 0 Å². The van der Waals surface area contributed by atoms with Crippen molar-refractivity contribution in [1.29, 1.82) is 0 Å². The predicted molar refractivity (Wildman–Crippen MR) is 74.8 cm³/mol. The molecule has 0 fully saturated rings. The Bertz CT molecular complexity index is 570. The highest BCUT2D eigenvalue weighted by atomic mass is 16.1. The molecule has 2 rings (SSSR count). The zero-order chi connectivity index (χ0) is 13.1. The third-order valence-corrected chi connectivity index (χ3v) is 2.99. The highest BCUT2D eigenvalue weighted by molar-refractivity contribution is 6.02. The summed E-state index contributed by atoms with van der Waals surface area (Å²) in [4.78, 5) is 12.2. The zero-order valence-corrected chi connectivity index (χ0v) is 10.7. The first-order valence-corrected chi connectivity index (χ1v) is 6.01. The number of aryl methyl sites for hydroxylation is 2. The van der Waals surface area contributed by atoms with E-state index in [4.69, 9.17) is 5.73 Å². The van der Waals surface area contributed by atoms with Crippen LogP contribution in [0.1, 0.15) is 27.0 Å². The van der Waals surface area contributed by atoms with Crippen molar-refractivity contribution in [2.24, 2.45) is 0 Å². The van der Waals surface area contributed by atoms with E-state index in [-0.39, 0.29) is 5.78 Å². The molecule has 0 aliphatic heterocycles. The van der Waals surface area contributed by atoms with Crippen molar-refractivity contribution in [3.63, 3.8) is 0 Å². The summed E-state index contributed by atoms with van der Waals surface area (Å²) in [6, 6.07) is 13.6. The maximum absolute atomic E-state index is 12.2. The van der Waals surface area contributed by atoms with Crippen LogP contribution in [0.4, 0.5) is 5.69 Å². The lowest BCUT2D eigenvalue weighted by molar-refractivity contribution is 0.0993. The maximum Gasteiger partial charge on any atom is 0.169 e. The number of ketones is 1. The van der Waals surface area contributed by atoms with Crippen molar-refractivity contribution in [1.82, 2.24) is 0 Å². The standard InChI is InChI=1S/C16H17NO/c1-11-3-6-13(7-4-11)10-16(18)14-9-12(2)5-8-15(14)17/h3-9H,10,17H2,1-2H3. The van der Waals surface area contributed by atoms with Gasteiger partial charge in [0.15, 0.2) is 5.78 Å². The number of carbonyl (C=O) groups is 1. The van der Waals surface area contributed by atoms with E-state index in [1.165, 1.54) is 5.56 Å². The lowest BCUT2D eigenvalue weighted by atomic mass is 9.99. The molecule has 0 unspecified atom stereocenters. The second-order valence-electron chi connectivity index (χ2n) is 4.68. The molecule has 0 atom stereocenters. The molecule has 92 valence electrons. The van der Waals surface area contributed by atoms with E-state index in [2.05, 4.69) is 0 Å². The molecule has 2 aromatic carbocycles. The number of benzene rings is 2. The Balaban J connectivity index is 2.21. The van der Waals surface area contributed by atoms with Crippen LogP contribution >= 0.6 is 0 Å². The normalized spacial score (nSPS) is 10.3. The van der Waals surface area contributed by atoms with Gasteiger partial charge in [0.25, 0.3) is 0 Å². The summed E-state index contributed by atoms with van der Waals surface area (Å²) in [6.07, 6.45) is 0.397. The van der Waals surface area contributed by atoms with Crippen LogP contribution < -0.4 is 5.73 Å². The molecule has 0 saturated heterocycles. The molecule has 2 N–H and O–H groups in total. The number of hydrogen-bond donors (Lipinski definition) is 1. The first kappa shape index (κ1) is 12.4. The van der Waals surface area contributed by atoms with Gasteiger partial charge in [-0.15, -0.1) is 0 Å². The van der Waals surface area contributed by atoms with E-state index in [0.29, 0.717) is 17.7 Å². The number of anilines is 1. The molecule has 0 aliphatic carbocycles. The Kier molecular flexibility index (Phi) is 3.47. The molecule has 0 heterocycles. The second kappa shape index (κ2) is 5.05. The van der Waals surface area contributed by atoms with Crippen LogP contribution in [0.2, 0.25) is 0 Å². The summed E-state index contributed by atoms with van der Waals surface area (Å²) in [5.41, 5.74) is 10.3. The van der Waals surface area contributed by atoms with Crippen molar-refractivity contribution >= 4 is 11.5 Å². The molecule has 0 amide bonds. The monoisotopic (exact) mass is 239 g/mol. The molecule has 0 aliphatic rings. The van der Waals surface area contributed by atoms with E-state index in [1.54, 1.807) is 6.07 Å². The first-order valence-electron chi connectivity index (χ1n) is 6.01. The maximum atomic E-state index is 12.2. The highest BCUT2D eigenvalue weighted by Gasteiger charge is 2.10. The summed E-state index contributed by atoms with van der Waals surface area (Å²) in [5.74, 6) is 0.0695. The van der Waals surface area contributed by atoms with Crippen molar-refractivity contribution in [2.75, 3.05) is 5.73 Å². The molecule has 0 bridgehead atoms. The predicted octanol–water partition coefficient (Wildman–Crippen LogP) is 3.31. The molecule has 0 radical (unpaired) electrons. The van der Waals surface area contributed by atoms with E-state index in [9.17, 15) is 4.79 Å². The Labute approximate surface area is 107 Å². The van der Waals surface area contributed by atoms with Gasteiger partial charge in [-0.25, -0.2) is 0 Å². The number of hydrogen-bond acceptors (Lipinski definition) is 2. The van der Waals surface area contributed by atoms with Crippen LogP contribution in [-0.4, -0.2) is 5.78 Å². The van der Waals surface area contributed by atoms with Gasteiger partial charge in [-0.3, -0.25) is 4.79 Å². The van der Waals surface area contributed by atoms with Gasteiger partial charge in [-0.05, 0) is 31.5 Å². The fourth-order valence-corrected chi connectivity index (χ4v) is 1.90. The smallest absolute Gasteiger partial charge is 0.169 e. The zero-order valence-electron chi connectivity index (χ0n) is 10.7. The van der Waals surface area contributed by atoms with Gasteiger partial charge in [-0.1, -0.05) is 41.5 Å². The summed E-state index contributed by atoms with van der Waals surface area (Å²) in [6.45, 7) is 3.99. The molecule has 18 heavy (non-hydrogen) atoms. The molecule has 0 saturated carbocycles. The summed E-state index contributed by atoms with van der Waals surface area (Å²) >= 11 is 0. The van der Waals surface area contributed by atoms with Crippen LogP contribution in [-0.2, 0) is 6.42 Å². The molecule has 0 spiro atoms. The van der Waals surface area contributed by atoms with Crippen molar-refractivity contribution in [3.05, 3.63) is 64.7 Å². The van der Waals surface area contributed by atoms with E-state index >= 15 is 0 Å². The third kappa shape index (κ3) is 2.77. The van der Waals surface area contributed by atoms with Gasteiger partial charge in [0.2, 0.25) is 0 Å². The topological polar surface area (TPSA) is 43.1 Å². The second-order valence-corrected chi connectivity index (χ2v) is 4.68. The molecule has 2 nitrogen and oxygen atoms in total. The Morgan fingerprint density at radius 1 is 1.00 bits per heavy atom. The summed E-state index contributed by atoms with van der Waals surface area (Å²) in [5, 5.41) is 0. The SMILES string of the molecule is Cc1ccc(CC(=O)c2cc(C)ccc2N)cc1. The van der Waals surface area contributed by atoms with Gasteiger partial charge in [0, 0.05) is 17.7 Å². The summed E-state index contributed by atoms with van der Waals surface area (Å²) < 4.78 is 0. The summed E-state index contributed by atoms with van der Waals surface area (Å²) in [7, 11) is 0. The minimum absolute atomic E-state index is 0.0695. The van der Waals surface area contributed by atoms with Crippen molar-refractivity contribution in [3.8, 4) is 0 Å². The molecule has 2 heteroatoms. The number of rotatable bonds is 3. The third-order valence-electron chi connectivity index (χ3n) is 2.99. The highest BCUT2D eigenvalue weighted by Crippen LogP contribution is 2.16. The minimum atomic E-state index is 0.0695. The lowest BCUT2D eigenvalue weighted by Crippen LogP contribution is -2.07. The fourth-order valence-electron chi connectivity index (χ4n) is 1.90. The fraction of sp³-hybridized carbons (Fsp3) is 0.188.